The second-order valence-corrected chi connectivity index (χ2v) is 6.37. The van der Waals surface area contributed by atoms with E-state index in [0.29, 0.717) is 31.2 Å². The number of nitrogens with one attached hydrogen (secondary N) is 2. The number of aromatic nitrogens is 1. The van der Waals surface area contributed by atoms with Crippen molar-refractivity contribution in [1.29, 1.82) is 0 Å². The topological polar surface area (TPSA) is 67.8 Å². The van der Waals surface area contributed by atoms with E-state index in [1.165, 1.54) is 19.0 Å². The van der Waals surface area contributed by atoms with Gasteiger partial charge in [0.2, 0.25) is 5.88 Å². The number of alkyl halides is 3. The van der Waals surface area contributed by atoms with E-state index in [1.807, 2.05) is 6.92 Å². The summed E-state index contributed by atoms with van der Waals surface area (Å²) in [4.78, 5) is 8.27. The van der Waals surface area contributed by atoms with Crippen LogP contribution in [0.15, 0.2) is 23.3 Å². The Morgan fingerprint density at radius 3 is 2.85 bits per heavy atom. The van der Waals surface area contributed by atoms with Crippen molar-refractivity contribution >= 4 is 5.96 Å². The van der Waals surface area contributed by atoms with Gasteiger partial charge < -0.3 is 20.1 Å². The fourth-order valence-corrected chi connectivity index (χ4v) is 2.25. The van der Waals surface area contributed by atoms with Crippen LogP contribution in [0, 0.1) is 5.92 Å². The molecule has 0 bridgehead atoms. The molecule has 0 spiro atoms. The molecule has 1 heterocycles. The van der Waals surface area contributed by atoms with Crippen molar-refractivity contribution < 1.29 is 22.6 Å². The van der Waals surface area contributed by atoms with Crippen LogP contribution >= 0.6 is 0 Å². The lowest BCUT2D eigenvalue weighted by Crippen LogP contribution is -2.38. The summed E-state index contributed by atoms with van der Waals surface area (Å²) in [6, 6.07) is 3.29. The summed E-state index contributed by atoms with van der Waals surface area (Å²) >= 11 is 0. The fourth-order valence-electron chi connectivity index (χ4n) is 2.25. The molecule has 1 aromatic rings. The number of halogens is 3. The summed E-state index contributed by atoms with van der Waals surface area (Å²) in [6.45, 7) is 3.64. The van der Waals surface area contributed by atoms with Gasteiger partial charge in [-0.3, -0.25) is 0 Å². The molecule has 27 heavy (non-hydrogen) atoms. The molecule has 1 aromatic heterocycles. The van der Waals surface area contributed by atoms with Gasteiger partial charge in [0.05, 0.1) is 6.54 Å². The van der Waals surface area contributed by atoms with Gasteiger partial charge in [0.1, 0.15) is 0 Å². The number of nitrogens with zero attached hydrogens (tertiary/aromatic N) is 2. The first-order chi connectivity index (χ1) is 13.0. The minimum Gasteiger partial charge on any atom is -0.468 e. The van der Waals surface area contributed by atoms with Gasteiger partial charge in [0.15, 0.2) is 12.6 Å². The lowest BCUT2D eigenvalue weighted by molar-refractivity contribution is -0.154. The van der Waals surface area contributed by atoms with Crippen LogP contribution in [-0.4, -0.2) is 50.0 Å². The summed E-state index contributed by atoms with van der Waals surface area (Å²) in [6.07, 6.45) is 0.390. The average Bonchev–Trinajstić information content (AvgIpc) is 3.45. The maximum atomic E-state index is 12.4. The highest BCUT2D eigenvalue weighted by Crippen LogP contribution is 2.28. The SMILES string of the molecule is CCNC(=NCc1cccnc1OCC(F)(F)F)NCCCOCC1CC1. The molecular weight excluding hydrogens is 361 g/mol. The molecule has 9 heteroatoms. The normalized spacial score (nSPS) is 14.9. The van der Waals surface area contributed by atoms with Crippen molar-refractivity contribution in [3.8, 4) is 5.88 Å². The Morgan fingerprint density at radius 2 is 2.15 bits per heavy atom. The summed E-state index contributed by atoms with van der Waals surface area (Å²) in [5, 5.41) is 6.29. The summed E-state index contributed by atoms with van der Waals surface area (Å²) in [7, 11) is 0. The van der Waals surface area contributed by atoms with Gasteiger partial charge in [-0.25, -0.2) is 9.98 Å². The summed E-state index contributed by atoms with van der Waals surface area (Å²) < 4.78 is 47.4. The third kappa shape index (κ3) is 9.46. The van der Waals surface area contributed by atoms with Crippen LogP contribution in [-0.2, 0) is 11.3 Å². The van der Waals surface area contributed by atoms with Crippen LogP contribution in [0.5, 0.6) is 5.88 Å². The van der Waals surface area contributed by atoms with Crippen molar-refractivity contribution in [3.63, 3.8) is 0 Å². The zero-order valence-corrected chi connectivity index (χ0v) is 15.5. The molecule has 0 aliphatic heterocycles. The molecule has 152 valence electrons. The number of hydrogen-bond acceptors (Lipinski definition) is 4. The summed E-state index contributed by atoms with van der Waals surface area (Å²) in [5.41, 5.74) is 0.492. The highest BCUT2D eigenvalue weighted by Gasteiger charge is 2.29. The first kappa shape index (κ1) is 21.3. The monoisotopic (exact) mass is 388 g/mol. The van der Waals surface area contributed by atoms with E-state index >= 15 is 0 Å². The van der Waals surface area contributed by atoms with Crippen LogP contribution in [0.1, 0.15) is 31.7 Å². The highest BCUT2D eigenvalue weighted by molar-refractivity contribution is 5.79. The molecule has 6 nitrogen and oxygen atoms in total. The first-order valence-corrected chi connectivity index (χ1v) is 9.21. The quantitative estimate of drug-likeness (QED) is 0.347. The van der Waals surface area contributed by atoms with Crippen LogP contribution in [0.4, 0.5) is 13.2 Å². The van der Waals surface area contributed by atoms with Crippen LogP contribution in [0.25, 0.3) is 0 Å². The van der Waals surface area contributed by atoms with Gasteiger partial charge >= 0.3 is 6.18 Å². The number of ether oxygens (including phenoxy) is 2. The number of hydrogen-bond donors (Lipinski definition) is 2. The van der Waals surface area contributed by atoms with Gasteiger partial charge in [0.25, 0.3) is 0 Å². The molecule has 1 fully saturated rings. The molecule has 0 amide bonds. The van der Waals surface area contributed by atoms with E-state index in [2.05, 4.69) is 20.6 Å². The molecule has 2 N–H and O–H groups in total. The molecule has 1 aliphatic carbocycles. The molecule has 1 aliphatic rings. The molecule has 1 saturated carbocycles. The van der Waals surface area contributed by atoms with Gasteiger partial charge in [-0.2, -0.15) is 13.2 Å². The van der Waals surface area contributed by atoms with E-state index < -0.39 is 12.8 Å². The first-order valence-electron chi connectivity index (χ1n) is 9.21. The largest absolute Gasteiger partial charge is 0.468 e. The van der Waals surface area contributed by atoms with Gasteiger partial charge in [-0.05, 0) is 38.2 Å². The van der Waals surface area contributed by atoms with Crippen molar-refractivity contribution in [2.24, 2.45) is 10.9 Å². The molecule has 0 saturated heterocycles. The lowest BCUT2D eigenvalue weighted by atomic mass is 10.3. The van der Waals surface area contributed by atoms with Crippen LogP contribution in [0.2, 0.25) is 0 Å². The van der Waals surface area contributed by atoms with Gasteiger partial charge in [-0.1, -0.05) is 6.07 Å². The van der Waals surface area contributed by atoms with Gasteiger partial charge in [-0.15, -0.1) is 0 Å². The van der Waals surface area contributed by atoms with E-state index in [0.717, 1.165) is 18.9 Å². The van der Waals surface area contributed by atoms with Crippen molar-refractivity contribution in [1.82, 2.24) is 15.6 Å². The molecule has 0 radical (unpaired) electrons. The maximum absolute atomic E-state index is 12.4. The van der Waals surface area contributed by atoms with Crippen LogP contribution < -0.4 is 15.4 Å². The summed E-state index contributed by atoms with van der Waals surface area (Å²) in [5.74, 6) is 1.29. The van der Waals surface area contributed by atoms with E-state index in [1.54, 1.807) is 12.1 Å². The highest BCUT2D eigenvalue weighted by atomic mass is 19.4. The zero-order chi connectivity index (χ0) is 19.5. The predicted octanol–water partition coefficient (Wildman–Crippen LogP) is 2.89. The maximum Gasteiger partial charge on any atom is 0.422 e. The zero-order valence-electron chi connectivity index (χ0n) is 15.5. The van der Waals surface area contributed by atoms with E-state index in [9.17, 15) is 13.2 Å². The average molecular weight is 388 g/mol. The Balaban J connectivity index is 1.80. The molecule has 2 rings (SSSR count). The van der Waals surface area contributed by atoms with Crippen LogP contribution in [0.3, 0.4) is 0 Å². The van der Waals surface area contributed by atoms with Crippen molar-refractivity contribution in [3.05, 3.63) is 23.9 Å². The molecule has 0 atom stereocenters. The second-order valence-electron chi connectivity index (χ2n) is 6.37. The molecule has 0 unspecified atom stereocenters. The van der Waals surface area contributed by atoms with Gasteiger partial charge in [0, 0.05) is 38.1 Å². The van der Waals surface area contributed by atoms with E-state index in [4.69, 9.17) is 9.47 Å². The Morgan fingerprint density at radius 1 is 1.33 bits per heavy atom. The Hall–Kier alpha value is -2.03. The Bertz CT molecular complexity index is 592. The number of pyridine rings is 1. The molecular formula is C18H27F3N4O2. The number of guanidine groups is 1. The van der Waals surface area contributed by atoms with Crippen molar-refractivity contribution in [2.45, 2.75) is 38.9 Å². The minimum atomic E-state index is -4.41. The van der Waals surface area contributed by atoms with E-state index in [-0.39, 0.29) is 12.4 Å². The Labute approximate surface area is 157 Å². The second kappa shape index (κ2) is 11.0. The third-order valence-electron chi connectivity index (χ3n) is 3.78. The Kier molecular flexibility index (Phi) is 8.63. The fraction of sp³-hybridized carbons (Fsp3) is 0.667. The number of rotatable bonds is 11. The minimum absolute atomic E-state index is 0.0529. The smallest absolute Gasteiger partial charge is 0.422 e. The van der Waals surface area contributed by atoms with Crippen molar-refractivity contribution in [2.75, 3.05) is 32.9 Å². The standard InChI is InChI=1S/C18H27F3N4O2/c1-2-22-17(24-9-4-10-26-12-14-6-7-14)25-11-15-5-3-8-23-16(15)27-13-18(19,20)21/h3,5,8,14H,2,4,6-7,9-13H2,1H3,(H2,22,24,25). The third-order valence-corrected chi connectivity index (χ3v) is 3.78. The predicted molar refractivity (Wildman–Crippen MR) is 96.8 cm³/mol. The lowest BCUT2D eigenvalue weighted by Gasteiger charge is -2.13. The number of aliphatic imine (C=N–C) groups is 1. The molecule has 0 aromatic carbocycles.